The van der Waals surface area contributed by atoms with Crippen LogP contribution in [0.15, 0.2) is 24.7 Å². The summed E-state index contributed by atoms with van der Waals surface area (Å²) in [6.07, 6.45) is 3.43. The number of H-pyrrole nitrogens is 1. The molecular formula is C10H13N5. The Morgan fingerprint density at radius 1 is 1.47 bits per heavy atom. The lowest BCUT2D eigenvalue weighted by Crippen LogP contribution is -2.03. The molecule has 0 radical (unpaired) electrons. The molecule has 2 aromatic rings. The van der Waals surface area contributed by atoms with Crippen molar-refractivity contribution < 1.29 is 0 Å². The summed E-state index contributed by atoms with van der Waals surface area (Å²) in [7, 11) is 0. The highest BCUT2D eigenvalue weighted by Crippen LogP contribution is 2.12. The maximum atomic E-state index is 5.67. The largest absolute Gasteiger partial charge is 0.397 e. The number of nitrogens with one attached hydrogen (secondary N) is 2. The normalized spacial score (nSPS) is 10.2. The summed E-state index contributed by atoms with van der Waals surface area (Å²) in [5.74, 6) is 0.816. The number of imidazole rings is 1. The van der Waals surface area contributed by atoms with E-state index in [1.165, 1.54) is 0 Å². The summed E-state index contributed by atoms with van der Waals surface area (Å²) < 4.78 is 0. The van der Waals surface area contributed by atoms with Crippen molar-refractivity contribution in [2.75, 3.05) is 11.1 Å². The van der Waals surface area contributed by atoms with E-state index in [1.807, 2.05) is 19.1 Å². The van der Waals surface area contributed by atoms with Crippen molar-refractivity contribution in [1.82, 2.24) is 15.0 Å². The molecule has 2 rings (SSSR count). The number of rotatable bonds is 3. The van der Waals surface area contributed by atoms with Crippen molar-refractivity contribution in [2.24, 2.45) is 0 Å². The molecule has 0 aliphatic heterocycles. The molecule has 5 nitrogen and oxygen atoms in total. The van der Waals surface area contributed by atoms with Crippen molar-refractivity contribution >= 4 is 11.5 Å². The summed E-state index contributed by atoms with van der Waals surface area (Å²) in [6.45, 7) is 2.56. The smallest absolute Gasteiger partial charge is 0.126 e. The standard InChI is InChI=1S/C10H13N5/c1-7-9(11)2-3-10(15-7)13-5-8-4-12-6-14-8/h2-4,6H,5,11H2,1H3,(H,12,14)(H,13,15). The van der Waals surface area contributed by atoms with Crippen LogP contribution in [0.3, 0.4) is 0 Å². The first-order chi connectivity index (χ1) is 7.25. The molecule has 0 saturated carbocycles. The third-order valence-corrected chi connectivity index (χ3v) is 2.14. The Hall–Kier alpha value is -2.04. The van der Waals surface area contributed by atoms with Gasteiger partial charge >= 0.3 is 0 Å². The number of aromatic amines is 1. The Morgan fingerprint density at radius 3 is 3.00 bits per heavy atom. The van der Waals surface area contributed by atoms with E-state index in [4.69, 9.17) is 5.73 Å². The van der Waals surface area contributed by atoms with E-state index in [1.54, 1.807) is 12.5 Å². The van der Waals surface area contributed by atoms with Crippen LogP contribution in [0.4, 0.5) is 11.5 Å². The van der Waals surface area contributed by atoms with Crippen LogP contribution in [-0.2, 0) is 6.54 Å². The molecule has 2 aromatic heterocycles. The predicted octanol–water partition coefficient (Wildman–Crippen LogP) is 1.31. The summed E-state index contributed by atoms with van der Waals surface area (Å²) in [5, 5.41) is 3.18. The van der Waals surface area contributed by atoms with Gasteiger partial charge in [0, 0.05) is 6.20 Å². The molecule has 0 saturated heterocycles. The number of anilines is 2. The number of nitrogens with zero attached hydrogens (tertiary/aromatic N) is 2. The van der Waals surface area contributed by atoms with E-state index in [-0.39, 0.29) is 0 Å². The van der Waals surface area contributed by atoms with E-state index in [0.717, 1.165) is 17.2 Å². The Morgan fingerprint density at radius 2 is 2.33 bits per heavy atom. The Balaban J connectivity index is 2.02. The van der Waals surface area contributed by atoms with Crippen LogP contribution in [0.25, 0.3) is 0 Å². The van der Waals surface area contributed by atoms with Crippen molar-refractivity contribution in [2.45, 2.75) is 13.5 Å². The molecule has 0 aliphatic rings. The van der Waals surface area contributed by atoms with E-state index >= 15 is 0 Å². The summed E-state index contributed by atoms with van der Waals surface area (Å²) >= 11 is 0. The number of aromatic nitrogens is 3. The first-order valence-electron chi connectivity index (χ1n) is 4.70. The van der Waals surface area contributed by atoms with Crippen LogP contribution < -0.4 is 11.1 Å². The lowest BCUT2D eigenvalue weighted by atomic mass is 10.3. The highest BCUT2D eigenvalue weighted by Gasteiger charge is 1.98. The fourth-order valence-corrected chi connectivity index (χ4v) is 1.24. The molecule has 5 heteroatoms. The molecule has 15 heavy (non-hydrogen) atoms. The average Bonchev–Trinajstić information content (AvgIpc) is 2.73. The van der Waals surface area contributed by atoms with Gasteiger partial charge in [-0.15, -0.1) is 0 Å². The summed E-state index contributed by atoms with van der Waals surface area (Å²) in [6, 6.07) is 3.70. The fourth-order valence-electron chi connectivity index (χ4n) is 1.24. The van der Waals surface area contributed by atoms with Crippen LogP contribution in [0.2, 0.25) is 0 Å². The maximum absolute atomic E-state index is 5.67. The topological polar surface area (TPSA) is 79.6 Å². The lowest BCUT2D eigenvalue weighted by Gasteiger charge is -2.05. The van der Waals surface area contributed by atoms with Crippen LogP contribution in [0, 0.1) is 6.92 Å². The van der Waals surface area contributed by atoms with Gasteiger partial charge in [0.15, 0.2) is 0 Å². The molecule has 0 bridgehead atoms. The van der Waals surface area contributed by atoms with Crippen molar-refractivity contribution in [3.05, 3.63) is 36.0 Å². The molecule has 0 amide bonds. The van der Waals surface area contributed by atoms with Gasteiger partial charge in [-0.3, -0.25) is 0 Å². The van der Waals surface area contributed by atoms with Crippen LogP contribution in [0.1, 0.15) is 11.4 Å². The molecular weight excluding hydrogens is 190 g/mol. The van der Waals surface area contributed by atoms with Crippen LogP contribution >= 0.6 is 0 Å². The highest BCUT2D eigenvalue weighted by molar-refractivity contribution is 5.49. The molecule has 0 aromatic carbocycles. The highest BCUT2D eigenvalue weighted by atomic mass is 15.0. The van der Waals surface area contributed by atoms with Crippen LogP contribution in [-0.4, -0.2) is 15.0 Å². The Bertz CT molecular complexity index is 435. The van der Waals surface area contributed by atoms with E-state index < -0.39 is 0 Å². The quantitative estimate of drug-likeness (QED) is 0.702. The number of hydrogen-bond acceptors (Lipinski definition) is 4. The van der Waals surface area contributed by atoms with E-state index in [2.05, 4.69) is 20.3 Å². The number of aryl methyl sites for hydroxylation is 1. The minimum atomic E-state index is 0.677. The molecule has 4 N–H and O–H groups in total. The second-order valence-electron chi connectivity index (χ2n) is 3.30. The maximum Gasteiger partial charge on any atom is 0.126 e. The Labute approximate surface area is 87.8 Å². The van der Waals surface area contributed by atoms with Crippen molar-refractivity contribution in [3.63, 3.8) is 0 Å². The molecule has 2 heterocycles. The third kappa shape index (κ3) is 2.25. The van der Waals surface area contributed by atoms with E-state index in [9.17, 15) is 0 Å². The van der Waals surface area contributed by atoms with Gasteiger partial charge in [-0.25, -0.2) is 9.97 Å². The zero-order valence-corrected chi connectivity index (χ0v) is 8.49. The number of nitrogens with two attached hydrogens (primary N) is 1. The second-order valence-corrected chi connectivity index (χ2v) is 3.30. The first-order valence-corrected chi connectivity index (χ1v) is 4.70. The van der Waals surface area contributed by atoms with Gasteiger partial charge in [0.1, 0.15) is 5.82 Å². The van der Waals surface area contributed by atoms with Gasteiger partial charge in [-0.2, -0.15) is 0 Å². The summed E-state index contributed by atoms with van der Waals surface area (Å²) in [5.41, 5.74) is 8.24. The minimum Gasteiger partial charge on any atom is -0.397 e. The third-order valence-electron chi connectivity index (χ3n) is 2.14. The van der Waals surface area contributed by atoms with Gasteiger partial charge in [0.2, 0.25) is 0 Å². The second kappa shape index (κ2) is 4.00. The SMILES string of the molecule is Cc1nc(NCc2cnc[nH]2)ccc1N. The van der Waals surface area contributed by atoms with Crippen molar-refractivity contribution in [1.29, 1.82) is 0 Å². The van der Waals surface area contributed by atoms with Crippen LogP contribution in [0.5, 0.6) is 0 Å². The zero-order chi connectivity index (χ0) is 10.7. The van der Waals surface area contributed by atoms with Gasteiger partial charge in [-0.1, -0.05) is 0 Å². The molecule has 0 unspecified atom stereocenters. The lowest BCUT2D eigenvalue weighted by molar-refractivity contribution is 1.04. The molecule has 78 valence electrons. The predicted molar refractivity (Wildman–Crippen MR) is 59.3 cm³/mol. The molecule has 0 fully saturated rings. The molecule has 0 aliphatic carbocycles. The first kappa shape index (κ1) is 9.51. The molecule has 0 atom stereocenters. The van der Waals surface area contributed by atoms with Crippen molar-refractivity contribution in [3.8, 4) is 0 Å². The Kier molecular flexibility index (Phi) is 2.53. The van der Waals surface area contributed by atoms with Gasteiger partial charge in [0.25, 0.3) is 0 Å². The van der Waals surface area contributed by atoms with Gasteiger partial charge in [-0.05, 0) is 19.1 Å². The molecule has 0 spiro atoms. The van der Waals surface area contributed by atoms with E-state index in [0.29, 0.717) is 12.2 Å². The number of hydrogen-bond donors (Lipinski definition) is 3. The minimum absolute atomic E-state index is 0.677. The number of pyridine rings is 1. The average molecular weight is 203 g/mol. The summed E-state index contributed by atoms with van der Waals surface area (Å²) in [4.78, 5) is 11.2. The fraction of sp³-hybridized carbons (Fsp3) is 0.200. The van der Waals surface area contributed by atoms with Gasteiger partial charge in [0.05, 0.1) is 29.9 Å². The monoisotopic (exact) mass is 203 g/mol. The number of nitrogen functional groups attached to an aromatic ring is 1. The van der Waals surface area contributed by atoms with Gasteiger partial charge < -0.3 is 16.0 Å². The zero-order valence-electron chi connectivity index (χ0n) is 8.49.